The Balaban J connectivity index is 2.32. The number of nitrogens with one attached hydrogen (secondary N) is 1. The largest absolute Gasteiger partial charge is 0.399 e. The number of nitrogens with two attached hydrogens (primary N) is 1. The minimum atomic E-state index is -0.861. The fourth-order valence-corrected chi connectivity index (χ4v) is 3.11. The number of amides is 1. The smallest absolute Gasteiger partial charge is 0.224 e. The number of benzene rings is 1. The van der Waals surface area contributed by atoms with Crippen LogP contribution in [0.2, 0.25) is 0 Å². The number of carbonyl (C=O) groups excluding carboxylic acids is 1. The molecule has 20 heavy (non-hydrogen) atoms. The van der Waals surface area contributed by atoms with Gasteiger partial charge in [-0.25, -0.2) is 0 Å². The molecule has 112 valence electrons. The second-order valence-corrected chi connectivity index (χ2v) is 7.22. The van der Waals surface area contributed by atoms with E-state index in [4.69, 9.17) is 5.73 Å². The lowest BCUT2D eigenvalue weighted by molar-refractivity contribution is -0.116. The van der Waals surface area contributed by atoms with Crippen LogP contribution in [0.3, 0.4) is 0 Å². The van der Waals surface area contributed by atoms with Crippen LogP contribution in [0.1, 0.15) is 33.6 Å². The molecule has 0 aliphatic carbocycles. The Morgan fingerprint density at radius 1 is 1.35 bits per heavy atom. The maximum absolute atomic E-state index is 11.9. The first kappa shape index (κ1) is 16.7. The average Bonchev–Trinajstić information content (AvgIpc) is 2.37. The zero-order valence-electron chi connectivity index (χ0n) is 12.4. The minimum Gasteiger partial charge on any atom is -0.399 e. The monoisotopic (exact) mass is 296 g/mol. The van der Waals surface area contributed by atoms with Crippen LogP contribution in [0, 0.1) is 5.92 Å². The number of rotatable bonds is 7. The predicted molar refractivity (Wildman–Crippen MR) is 86.0 cm³/mol. The molecule has 0 saturated carbocycles. The van der Waals surface area contributed by atoms with Crippen molar-refractivity contribution >= 4 is 28.1 Å². The zero-order valence-corrected chi connectivity index (χ0v) is 13.2. The van der Waals surface area contributed by atoms with Gasteiger partial charge in [0.15, 0.2) is 0 Å². The molecular formula is C15H24N2O2S. The molecule has 1 aromatic rings. The van der Waals surface area contributed by atoms with Gasteiger partial charge in [0.05, 0.1) is 0 Å². The average molecular weight is 296 g/mol. The van der Waals surface area contributed by atoms with Crippen LogP contribution in [0.4, 0.5) is 11.4 Å². The lowest BCUT2D eigenvalue weighted by Gasteiger charge is -2.14. The molecule has 1 aromatic carbocycles. The molecule has 0 aromatic heterocycles. The molecule has 3 N–H and O–H groups in total. The molecule has 1 amide bonds. The van der Waals surface area contributed by atoms with Crippen molar-refractivity contribution in [1.82, 2.24) is 0 Å². The van der Waals surface area contributed by atoms with Gasteiger partial charge in [0.2, 0.25) is 5.91 Å². The lowest BCUT2D eigenvalue weighted by atomic mass is 10.2. The van der Waals surface area contributed by atoms with Crippen molar-refractivity contribution in [3.8, 4) is 0 Å². The van der Waals surface area contributed by atoms with Gasteiger partial charge in [-0.15, -0.1) is 0 Å². The van der Waals surface area contributed by atoms with E-state index in [2.05, 4.69) is 19.2 Å². The molecule has 2 atom stereocenters. The predicted octanol–water partition coefficient (Wildman–Crippen LogP) is 2.78. The molecule has 0 radical (unpaired) electrons. The van der Waals surface area contributed by atoms with Crippen molar-refractivity contribution in [2.75, 3.05) is 16.8 Å². The highest BCUT2D eigenvalue weighted by atomic mass is 32.2. The molecule has 0 heterocycles. The SMILES string of the molecule is CC(C)C(C)S(=O)CCCC(=O)Nc1cccc(N)c1. The Bertz CT molecular complexity index is 475. The summed E-state index contributed by atoms with van der Waals surface area (Å²) in [4.78, 5) is 11.8. The van der Waals surface area contributed by atoms with E-state index in [1.807, 2.05) is 6.92 Å². The third-order valence-electron chi connectivity index (χ3n) is 3.27. The van der Waals surface area contributed by atoms with E-state index < -0.39 is 10.8 Å². The van der Waals surface area contributed by atoms with Gasteiger partial charge in [-0.1, -0.05) is 26.8 Å². The van der Waals surface area contributed by atoms with E-state index in [0.717, 1.165) is 0 Å². The van der Waals surface area contributed by atoms with Crippen LogP contribution in [-0.2, 0) is 15.6 Å². The molecule has 5 heteroatoms. The van der Waals surface area contributed by atoms with Crippen molar-refractivity contribution in [3.63, 3.8) is 0 Å². The molecule has 0 saturated heterocycles. The van der Waals surface area contributed by atoms with Crippen LogP contribution >= 0.6 is 0 Å². The van der Waals surface area contributed by atoms with Gasteiger partial charge in [0.1, 0.15) is 0 Å². The first-order chi connectivity index (χ1) is 9.40. The van der Waals surface area contributed by atoms with Gasteiger partial charge in [0.25, 0.3) is 0 Å². The van der Waals surface area contributed by atoms with E-state index in [1.54, 1.807) is 24.3 Å². The highest BCUT2D eigenvalue weighted by Gasteiger charge is 2.15. The quantitative estimate of drug-likeness (QED) is 0.760. The van der Waals surface area contributed by atoms with E-state index >= 15 is 0 Å². The summed E-state index contributed by atoms with van der Waals surface area (Å²) in [5.41, 5.74) is 6.96. The molecular weight excluding hydrogens is 272 g/mol. The topological polar surface area (TPSA) is 72.2 Å². The van der Waals surface area contributed by atoms with Crippen molar-refractivity contribution in [2.24, 2.45) is 5.92 Å². The summed E-state index contributed by atoms with van der Waals surface area (Å²) in [6.07, 6.45) is 1.02. The van der Waals surface area contributed by atoms with Gasteiger partial charge in [0, 0.05) is 39.6 Å². The van der Waals surface area contributed by atoms with Crippen LogP contribution in [0.5, 0.6) is 0 Å². The molecule has 4 nitrogen and oxygen atoms in total. The lowest BCUT2D eigenvalue weighted by Crippen LogP contribution is -2.21. The molecule has 2 unspecified atom stereocenters. The summed E-state index contributed by atoms with van der Waals surface area (Å²) in [5.74, 6) is 0.908. The van der Waals surface area contributed by atoms with Gasteiger partial charge in [-0.05, 0) is 30.5 Å². The summed E-state index contributed by atoms with van der Waals surface area (Å²) >= 11 is 0. The molecule has 0 bridgehead atoms. The summed E-state index contributed by atoms with van der Waals surface area (Å²) in [7, 11) is -0.861. The number of hydrogen-bond donors (Lipinski definition) is 2. The zero-order chi connectivity index (χ0) is 15.1. The first-order valence-corrected chi connectivity index (χ1v) is 8.31. The highest BCUT2D eigenvalue weighted by molar-refractivity contribution is 7.85. The van der Waals surface area contributed by atoms with Gasteiger partial charge < -0.3 is 11.1 Å². The number of anilines is 2. The Morgan fingerprint density at radius 3 is 2.65 bits per heavy atom. The maximum Gasteiger partial charge on any atom is 0.224 e. The van der Waals surface area contributed by atoms with E-state index in [1.165, 1.54) is 0 Å². The van der Waals surface area contributed by atoms with Crippen LogP contribution in [0.25, 0.3) is 0 Å². The molecule has 0 aliphatic rings. The normalized spacial score (nSPS) is 14.0. The van der Waals surface area contributed by atoms with Gasteiger partial charge in [-0.2, -0.15) is 0 Å². The van der Waals surface area contributed by atoms with Crippen LogP contribution in [-0.4, -0.2) is 21.1 Å². The van der Waals surface area contributed by atoms with Crippen LogP contribution in [0.15, 0.2) is 24.3 Å². The minimum absolute atomic E-state index is 0.0650. The summed E-state index contributed by atoms with van der Waals surface area (Å²) < 4.78 is 11.9. The van der Waals surface area contributed by atoms with E-state index in [9.17, 15) is 9.00 Å². The van der Waals surface area contributed by atoms with Gasteiger partial charge >= 0.3 is 0 Å². The standard InChI is InChI=1S/C15H24N2O2S/c1-11(2)12(3)20(19)9-5-8-15(18)17-14-7-4-6-13(16)10-14/h4,6-7,10-12H,5,8-9,16H2,1-3H3,(H,17,18). The summed E-state index contributed by atoms with van der Waals surface area (Å²) in [5, 5.41) is 2.96. The fraction of sp³-hybridized carbons (Fsp3) is 0.533. The highest BCUT2D eigenvalue weighted by Crippen LogP contribution is 2.13. The van der Waals surface area contributed by atoms with E-state index in [0.29, 0.717) is 35.9 Å². The molecule has 1 rings (SSSR count). The summed E-state index contributed by atoms with van der Waals surface area (Å²) in [6, 6.07) is 7.08. The Morgan fingerprint density at radius 2 is 2.05 bits per heavy atom. The van der Waals surface area contributed by atoms with Crippen molar-refractivity contribution < 1.29 is 9.00 Å². The van der Waals surface area contributed by atoms with Crippen LogP contribution < -0.4 is 11.1 Å². The fourth-order valence-electron chi connectivity index (χ4n) is 1.70. The van der Waals surface area contributed by atoms with Gasteiger partial charge in [-0.3, -0.25) is 9.00 Å². The first-order valence-electron chi connectivity index (χ1n) is 6.92. The third-order valence-corrected chi connectivity index (χ3v) is 5.34. The van der Waals surface area contributed by atoms with E-state index in [-0.39, 0.29) is 11.2 Å². The molecule has 0 fully saturated rings. The Labute approximate surface area is 123 Å². The maximum atomic E-state index is 11.9. The second-order valence-electron chi connectivity index (χ2n) is 5.31. The second kappa shape index (κ2) is 8.04. The number of nitrogen functional groups attached to an aromatic ring is 1. The number of carbonyl (C=O) groups is 1. The number of hydrogen-bond acceptors (Lipinski definition) is 3. The Hall–Kier alpha value is -1.36. The molecule has 0 aliphatic heterocycles. The Kier molecular flexibility index (Phi) is 6.71. The third kappa shape index (κ3) is 5.74. The van der Waals surface area contributed by atoms with Crippen molar-refractivity contribution in [3.05, 3.63) is 24.3 Å². The molecule has 0 spiro atoms. The van der Waals surface area contributed by atoms with Crippen molar-refractivity contribution in [1.29, 1.82) is 0 Å². The summed E-state index contributed by atoms with van der Waals surface area (Å²) in [6.45, 7) is 6.12. The van der Waals surface area contributed by atoms with Crippen molar-refractivity contribution in [2.45, 2.75) is 38.9 Å².